The lowest BCUT2D eigenvalue weighted by molar-refractivity contribution is 0.938. The molecule has 4 aromatic rings. The molecular formula is C20H13N3OS. The van der Waals surface area contributed by atoms with Crippen LogP contribution in [0.2, 0.25) is 0 Å². The monoisotopic (exact) mass is 343 g/mol. The van der Waals surface area contributed by atoms with Crippen LogP contribution >= 0.6 is 11.8 Å². The van der Waals surface area contributed by atoms with Crippen LogP contribution in [-0.4, -0.2) is 16.2 Å². The van der Waals surface area contributed by atoms with Crippen LogP contribution < -0.4 is 5.56 Å². The fraction of sp³-hybridized carbons (Fsp3) is 0.0500. The maximum atomic E-state index is 12.3. The van der Waals surface area contributed by atoms with Gasteiger partial charge in [-0.2, -0.15) is 5.26 Å². The molecule has 0 unspecified atom stereocenters. The van der Waals surface area contributed by atoms with Crippen LogP contribution in [0.25, 0.3) is 32.8 Å². The Morgan fingerprint density at radius 1 is 1.04 bits per heavy atom. The van der Waals surface area contributed by atoms with Crippen molar-refractivity contribution in [3.8, 4) is 17.3 Å². The number of hydrogen-bond acceptors (Lipinski definition) is 4. The maximum absolute atomic E-state index is 12.3. The normalized spacial score (nSPS) is 10.9. The van der Waals surface area contributed by atoms with Crippen molar-refractivity contribution in [3.05, 3.63) is 70.5 Å². The molecule has 3 aromatic carbocycles. The molecule has 0 spiro atoms. The Bertz CT molecular complexity index is 1220. The van der Waals surface area contributed by atoms with Crippen LogP contribution in [-0.2, 0) is 0 Å². The van der Waals surface area contributed by atoms with E-state index in [1.54, 1.807) is 0 Å². The Balaban J connectivity index is 2.20. The molecule has 0 saturated carbocycles. The lowest BCUT2D eigenvalue weighted by atomic mass is 9.95. The van der Waals surface area contributed by atoms with E-state index in [1.807, 2.05) is 42.7 Å². The minimum absolute atomic E-state index is 0.0400. The zero-order valence-electron chi connectivity index (χ0n) is 13.4. The Morgan fingerprint density at radius 3 is 2.60 bits per heavy atom. The molecular weight excluding hydrogens is 330 g/mol. The summed E-state index contributed by atoms with van der Waals surface area (Å²) in [5.41, 5.74) is 0.858. The van der Waals surface area contributed by atoms with Gasteiger partial charge in [0.05, 0.1) is 5.69 Å². The molecule has 0 aliphatic heterocycles. The average Bonchev–Trinajstić information content (AvgIpc) is 2.66. The highest BCUT2D eigenvalue weighted by atomic mass is 32.2. The van der Waals surface area contributed by atoms with Gasteiger partial charge in [0.1, 0.15) is 11.6 Å². The van der Waals surface area contributed by atoms with E-state index in [-0.39, 0.29) is 5.56 Å². The van der Waals surface area contributed by atoms with Crippen molar-refractivity contribution in [1.29, 1.82) is 5.26 Å². The zero-order valence-corrected chi connectivity index (χ0v) is 14.2. The van der Waals surface area contributed by atoms with Gasteiger partial charge in [-0.3, -0.25) is 4.79 Å². The number of aromatic amines is 1. The Hall–Kier alpha value is -3.10. The molecule has 4 rings (SSSR count). The topological polar surface area (TPSA) is 69.5 Å². The van der Waals surface area contributed by atoms with Crippen molar-refractivity contribution in [2.75, 3.05) is 6.26 Å². The molecule has 4 nitrogen and oxygen atoms in total. The summed E-state index contributed by atoms with van der Waals surface area (Å²) in [4.78, 5) is 19.5. The van der Waals surface area contributed by atoms with E-state index in [1.165, 1.54) is 11.8 Å². The van der Waals surface area contributed by atoms with Crippen molar-refractivity contribution in [2.24, 2.45) is 0 Å². The predicted octanol–water partition coefficient (Wildman–Crippen LogP) is 4.34. The van der Waals surface area contributed by atoms with Crippen LogP contribution in [0.5, 0.6) is 0 Å². The quantitative estimate of drug-likeness (QED) is 0.334. The van der Waals surface area contributed by atoms with E-state index < -0.39 is 5.56 Å². The van der Waals surface area contributed by atoms with Gasteiger partial charge in [-0.05, 0) is 27.8 Å². The number of nitriles is 1. The van der Waals surface area contributed by atoms with Crippen molar-refractivity contribution < 1.29 is 0 Å². The van der Waals surface area contributed by atoms with Crippen LogP contribution in [0.4, 0.5) is 0 Å². The molecule has 1 N–H and O–H groups in total. The minimum Gasteiger partial charge on any atom is -0.300 e. The first-order valence-electron chi connectivity index (χ1n) is 7.72. The van der Waals surface area contributed by atoms with E-state index in [0.29, 0.717) is 10.9 Å². The van der Waals surface area contributed by atoms with Crippen LogP contribution in [0.15, 0.2) is 64.5 Å². The standard InChI is InChI=1S/C20H13N3OS/c1-25-20-22-18(16(11-21)19(24)23-20)15-8-4-6-13-10-9-12-5-2-3-7-14(12)17(13)15/h2-10H,1H3,(H,22,23,24). The minimum atomic E-state index is -0.408. The van der Waals surface area contributed by atoms with Gasteiger partial charge >= 0.3 is 0 Å². The van der Waals surface area contributed by atoms with Gasteiger partial charge in [0.25, 0.3) is 5.56 Å². The summed E-state index contributed by atoms with van der Waals surface area (Å²) in [6.45, 7) is 0. The molecule has 1 heterocycles. The van der Waals surface area contributed by atoms with Gasteiger partial charge in [-0.25, -0.2) is 4.98 Å². The van der Waals surface area contributed by atoms with Crippen molar-refractivity contribution in [2.45, 2.75) is 5.16 Å². The Labute approximate surface area is 148 Å². The van der Waals surface area contributed by atoms with Gasteiger partial charge in [0.15, 0.2) is 5.16 Å². The van der Waals surface area contributed by atoms with Crippen LogP contribution in [0.3, 0.4) is 0 Å². The van der Waals surface area contributed by atoms with E-state index in [2.05, 4.69) is 34.2 Å². The molecule has 1 aromatic heterocycles. The predicted molar refractivity (Wildman–Crippen MR) is 102 cm³/mol. The highest BCUT2D eigenvalue weighted by Gasteiger charge is 2.16. The summed E-state index contributed by atoms with van der Waals surface area (Å²) in [6.07, 6.45) is 1.84. The van der Waals surface area contributed by atoms with E-state index in [0.717, 1.165) is 27.1 Å². The SMILES string of the molecule is CSc1nc(-c2cccc3ccc4ccccc4c23)c(C#N)c(=O)[nH]1. The van der Waals surface area contributed by atoms with E-state index in [9.17, 15) is 10.1 Å². The largest absolute Gasteiger partial charge is 0.300 e. The third-order valence-electron chi connectivity index (χ3n) is 4.23. The fourth-order valence-corrected chi connectivity index (χ4v) is 3.48. The van der Waals surface area contributed by atoms with Crippen molar-refractivity contribution in [3.63, 3.8) is 0 Å². The van der Waals surface area contributed by atoms with Crippen molar-refractivity contribution >= 4 is 33.3 Å². The lowest BCUT2D eigenvalue weighted by Crippen LogP contribution is -2.14. The summed E-state index contributed by atoms with van der Waals surface area (Å²) in [6, 6.07) is 20.1. The Kier molecular flexibility index (Phi) is 3.75. The molecule has 0 bridgehead atoms. The number of nitrogens with zero attached hydrogens (tertiary/aromatic N) is 2. The number of H-pyrrole nitrogens is 1. The molecule has 0 radical (unpaired) electrons. The smallest absolute Gasteiger partial charge is 0.270 e. The fourth-order valence-electron chi connectivity index (χ4n) is 3.10. The van der Waals surface area contributed by atoms with Gasteiger partial charge in [-0.1, -0.05) is 66.4 Å². The maximum Gasteiger partial charge on any atom is 0.270 e. The highest BCUT2D eigenvalue weighted by Crippen LogP contribution is 2.34. The summed E-state index contributed by atoms with van der Waals surface area (Å²) in [7, 11) is 0. The van der Waals surface area contributed by atoms with Crippen molar-refractivity contribution in [1.82, 2.24) is 9.97 Å². The summed E-state index contributed by atoms with van der Waals surface area (Å²) < 4.78 is 0. The second kappa shape index (κ2) is 6.08. The number of nitrogens with one attached hydrogen (secondary N) is 1. The molecule has 0 fully saturated rings. The average molecular weight is 343 g/mol. The van der Waals surface area contributed by atoms with Crippen LogP contribution in [0, 0.1) is 11.3 Å². The van der Waals surface area contributed by atoms with E-state index >= 15 is 0 Å². The molecule has 0 amide bonds. The second-order valence-corrected chi connectivity index (χ2v) is 6.40. The van der Waals surface area contributed by atoms with Gasteiger partial charge in [-0.15, -0.1) is 0 Å². The van der Waals surface area contributed by atoms with Crippen LogP contribution in [0.1, 0.15) is 5.56 Å². The number of aromatic nitrogens is 2. The number of thioether (sulfide) groups is 1. The Morgan fingerprint density at radius 2 is 1.80 bits per heavy atom. The molecule has 0 aliphatic rings. The molecule has 0 saturated heterocycles. The number of rotatable bonds is 2. The molecule has 0 aliphatic carbocycles. The van der Waals surface area contributed by atoms with Gasteiger partial charge < -0.3 is 4.98 Å². The number of benzene rings is 3. The van der Waals surface area contributed by atoms with E-state index in [4.69, 9.17) is 0 Å². The zero-order chi connectivity index (χ0) is 17.4. The molecule has 25 heavy (non-hydrogen) atoms. The first-order chi connectivity index (χ1) is 12.2. The first-order valence-corrected chi connectivity index (χ1v) is 8.94. The molecule has 0 atom stereocenters. The lowest BCUT2D eigenvalue weighted by Gasteiger charge is -2.11. The molecule has 120 valence electrons. The summed E-state index contributed by atoms with van der Waals surface area (Å²) in [5.74, 6) is 0. The van der Waals surface area contributed by atoms with Gasteiger partial charge in [0, 0.05) is 5.56 Å². The second-order valence-electron chi connectivity index (χ2n) is 5.60. The van der Waals surface area contributed by atoms with Gasteiger partial charge in [0.2, 0.25) is 0 Å². The first kappa shape index (κ1) is 15.4. The number of hydrogen-bond donors (Lipinski definition) is 1. The third-order valence-corrected chi connectivity index (χ3v) is 4.81. The third kappa shape index (κ3) is 2.48. The molecule has 5 heteroatoms. The number of fused-ring (bicyclic) bond motifs is 3. The summed E-state index contributed by atoms with van der Waals surface area (Å²) >= 11 is 1.34. The summed E-state index contributed by atoms with van der Waals surface area (Å²) in [5, 5.41) is 14.2. The highest BCUT2D eigenvalue weighted by molar-refractivity contribution is 7.98.